The molecule has 2 heterocycles. The second-order valence-corrected chi connectivity index (χ2v) is 12.3. The summed E-state index contributed by atoms with van der Waals surface area (Å²) >= 11 is 0. The lowest BCUT2D eigenvalue weighted by Gasteiger charge is -2.34. The highest BCUT2D eigenvalue weighted by Crippen LogP contribution is 2.40. The van der Waals surface area contributed by atoms with E-state index in [1.54, 1.807) is 30.3 Å². The molecule has 1 fully saturated rings. The Morgan fingerprint density at radius 1 is 1.17 bits per heavy atom. The molecule has 16 heteroatoms. The number of nitrogen functional groups attached to an aromatic ring is 1. The lowest BCUT2D eigenvalue weighted by Crippen LogP contribution is -2.41. The number of hydrogen-bond donors (Lipinski definition) is 2. The molecule has 46 heavy (non-hydrogen) atoms. The summed E-state index contributed by atoms with van der Waals surface area (Å²) in [4.78, 5) is 18.8. The van der Waals surface area contributed by atoms with Crippen molar-refractivity contribution in [3.8, 4) is 5.75 Å². The van der Waals surface area contributed by atoms with E-state index in [4.69, 9.17) is 20.6 Å². The number of nitrogens with zero attached hydrogens (tertiary/aromatic N) is 3. The molecule has 2 aromatic rings. The molecular formula is C30H38Cl2F3N5O5S. The monoisotopic (exact) mass is 707 g/mol. The zero-order chi connectivity index (χ0) is 31.9. The molecule has 2 aliphatic heterocycles. The molecule has 0 aromatic heterocycles. The van der Waals surface area contributed by atoms with Crippen molar-refractivity contribution in [2.24, 2.45) is 10.7 Å². The van der Waals surface area contributed by atoms with E-state index in [0.29, 0.717) is 37.1 Å². The normalized spacial score (nSPS) is 15.5. The molecule has 0 amide bonds. The Balaban J connectivity index is 0.00000368. The zero-order valence-corrected chi connectivity index (χ0v) is 27.6. The molecule has 0 bridgehead atoms. The molecule has 0 radical (unpaired) electrons. The number of halogens is 5. The first-order chi connectivity index (χ1) is 20.9. The molecule has 0 aliphatic carbocycles. The average Bonchev–Trinajstić information content (AvgIpc) is 3.51. The number of ether oxygens (including phenoxy) is 2. The first-order valence-electron chi connectivity index (χ1n) is 14.3. The number of esters is 1. The highest BCUT2D eigenvalue weighted by Gasteiger charge is 2.37. The van der Waals surface area contributed by atoms with E-state index in [2.05, 4.69) is 9.89 Å². The first-order valence-corrected chi connectivity index (χ1v) is 15.9. The molecule has 0 saturated carbocycles. The van der Waals surface area contributed by atoms with E-state index in [-0.39, 0.29) is 49.5 Å². The standard InChI is InChI=1S/C30H36F3N5O5S.2ClH/c1-2-42-28(39)20-44(40,41)38(15-5-7-21-6-3-8-22(18-21)29(34)35)23-10-11-26(25(19-23)30(31,32)33)43-24-12-16-37(17-13-24)27-9-4-14-36-27;;/h3,5-8,10-11,18-19,24H,2,4,9,12-17,20H2,1H3,(H3,34,35);2*1H/b7-5+;;. The Hall–Kier alpha value is -3.49. The van der Waals surface area contributed by atoms with Gasteiger partial charge in [-0.25, -0.2) is 8.42 Å². The van der Waals surface area contributed by atoms with Crippen LogP contribution in [0.15, 0.2) is 53.5 Å². The summed E-state index contributed by atoms with van der Waals surface area (Å²) in [5, 5.41) is 7.60. The van der Waals surface area contributed by atoms with Crippen molar-refractivity contribution in [3.63, 3.8) is 0 Å². The number of sulfonamides is 1. The maximum Gasteiger partial charge on any atom is 0.420 e. The Morgan fingerprint density at radius 3 is 2.50 bits per heavy atom. The van der Waals surface area contributed by atoms with E-state index in [1.807, 2.05) is 0 Å². The highest BCUT2D eigenvalue weighted by atomic mass is 35.5. The van der Waals surface area contributed by atoms with Crippen LogP contribution in [-0.2, 0) is 25.7 Å². The maximum absolute atomic E-state index is 14.3. The second-order valence-electron chi connectivity index (χ2n) is 10.4. The van der Waals surface area contributed by atoms with Gasteiger partial charge in [-0.3, -0.25) is 19.5 Å². The summed E-state index contributed by atoms with van der Waals surface area (Å²) in [6, 6.07) is 9.68. The number of alkyl halides is 3. The SMILES string of the molecule is CCOC(=O)CS(=O)(=O)N(C/C=C/c1cccc(C(=N)N)c1)c1ccc(OC2CCN(C3=NCCC3)CC2)c(C(F)(F)F)c1.Cl.Cl. The number of amidine groups is 2. The number of hydrogen-bond acceptors (Lipinski definition) is 8. The van der Waals surface area contributed by atoms with Crippen LogP contribution in [0, 0.1) is 5.41 Å². The topological polar surface area (TPSA) is 138 Å². The van der Waals surface area contributed by atoms with Gasteiger partial charge in [0.1, 0.15) is 17.7 Å². The highest BCUT2D eigenvalue weighted by molar-refractivity contribution is 7.93. The van der Waals surface area contributed by atoms with Crippen molar-refractivity contribution in [1.82, 2.24) is 4.90 Å². The lowest BCUT2D eigenvalue weighted by atomic mass is 10.1. The van der Waals surface area contributed by atoms with Crippen LogP contribution in [0.25, 0.3) is 6.08 Å². The van der Waals surface area contributed by atoms with E-state index in [0.717, 1.165) is 41.7 Å². The minimum absolute atomic E-state index is 0. The van der Waals surface area contributed by atoms with Crippen molar-refractivity contribution < 1.29 is 35.9 Å². The molecule has 10 nitrogen and oxygen atoms in total. The molecule has 0 spiro atoms. The van der Waals surface area contributed by atoms with Crippen LogP contribution in [-0.4, -0.2) is 75.6 Å². The molecule has 4 rings (SSSR count). The summed E-state index contributed by atoms with van der Waals surface area (Å²) in [5.74, 6) is -1.60. The largest absolute Gasteiger partial charge is 0.490 e. The van der Waals surface area contributed by atoms with Gasteiger partial charge in [-0.2, -0.15) is 13.2 Å². The lowest BCUT2D eigenvalue weighted by molar-refractivity contribution is -0.140. The van der Waals surface area contributed by atoms with Gasteiger partial charge < -0.3 is 20.1 Å². The third-order valence-electron chi connectivity index (χ3n) is 7.23. The minimum Gasteiger partial charge on any atom is -0.490 e. The van der Waals surface area contributed by atoms with Gasteiger partial charge in [-0.05, 0) is 43.2 Å². The quantitative estimate of drug-likeness (QED) is 0.184. The molecular weight excluding hydrogens is 670 g/mol. The molecule has 1 saturated heterocycles. The van der Waals surface area contributed by atoms with E-state index in [9.17, 15) is 26.4 Å². The van der Waals surface area contributed by atoms with Crippen LogP contribution in [0.1, 0.15) is 49.3 Å². The van der Waals surface area contributed by atoms with Crippen LogP contribution in [0.4, 0.5) is 18.9 Å². The fourth-order valence-electron chi connectivity index (χ4n) is 5.09. The molecule has 2 aromatic carbocycles. The second kappa shape index (κ2) is 16.9. The van der Waals surface area contributed by atoms with Crippen molar-refractivity contribution in [1.29, 1.82) is 5.41 Å². The van der Waals surface area contributed by atoms with Gasteiger partial charge in [0.05, 0.1) is 30.2 Å². The van der Waals surface area contributed by atoms with Gasteiger partial charge in [0, 0.05) is 44.5 Å². The van der Waals surface area contributed by atoms with E-state index < -0.39 is 45.3 Å². The van der Waals surface area contributed by atoms with Gasteiger partial charge in [-0.1, -0.05) is 30.4 Å². The fraction of sp³-hybridized carbons (Fsp3) is 0.433. The predicted molar refractivity (Wildman–Crippen MR) is 177 cm³/mol. The Morgan fingerprint density at radius 2 is 1.89 bits per heavy atom. The summed E-state index contributed by atoms with van der Waals surface area (Å²) in [6.07, 6.45) is 0.638. The minimum atomic E-state index is -4.84. The Kier molecular flexibility index (Phi) is 14.2. The van der Waals surface area contributed by atoms with Crippen LogP contribution < -0.4 is 14.8 Å². The van der Waals surface area contributed by atoms with Crippen LogP contribution in [0.5, 0.6) is 5.75 Å². The van der Waals surface area contributed by atoms with Gasteiger partial charge in [0.2, 0.25) is 10.0 Å². The molecule has 3 N–H and O–H groups in total. The number of rotatable bonds is 11. The smallest absolute Gasteiger partial charge is 0.420 e. The molecule has 0 atom stereocenters. The third-order valence-corrected chi connectivity index (χ3v) is 8.86. The number of benzene rings is 2. The molecule has 0 unspecified atom stereocenters. The molecule has 2 aliphatic rings. The summed E-state index contributed by atoms with van der Waals surface area (Å²) in [7, 11) is -4.46. The summed E-state index contributed by atoms with van der Waals surface area (Å²) in [6.45, 7) is 3.13. The number of anilines is 1. The van der Waals surface area contributed by atoms with E-state index >= 15 is 0 Å². The first kappa shape index (κ1) is 38.7. The number of likely N-dealkylation sites (tertiary alicyclic amines) is 1. The van der Waals surface area contributed by atoms with Gasteiger partial charge in [0.15, 0.2) is 5.75 Å². The zero-order valence-electron chi connectivity index (χ0n) is 25.2. The summed E-state index contributed by atoms with van der Waals surface area (Å²) < 4.78 is 80.9. The Labute approximate surface area is 279 Å². The maximum atomic E-state index is 14.3. The number of nitrogens with one attached hydrogen (secondary N) is 1. The number of nitrogens with two attached hydrogens (primary N) is 1. The van der Waals surface area contributed by atoms with Crippen molar-refractivity contribution in [3.05, 3.63) is 65.2 Å². The van der Waals surface area contributed by atoms with Gasteiger partial charge >= 0.3 is 12.1 Å². The molecule has 254 valence electrons. The number of aliphatic imine (C=N–C) groups is 1. The van der Waals surface area contributed by atoms with Crippen LogP contribution in [0.2, 0.25) is 0 Å². The van der Waals surface area contributed by atoms with E-state index in [1.165, 1.54) is 19.1 Å². The van der Waals surface area contributed by atoms with Crippen LogP contribution in [0.3, 0.4) is 0 Å². The van der Waals surface area contributed by atoms with Crippen molar-refractivity contribution in [2.75, 3.05) is 42.8 Å². The number of carbonyl (C=O) groups is 1. The predicted octanol–water partition coefficient (Wildman–Crippen LogP) is 5.28. The van der Waals surface area contributed by atoms with Gasteiger partial charge in [0.25, 0.3) is 0 Å². The average molecular weight is 709 g/mol. The number of piperidine rings is 1. The van der Waals surface area contributed by atoms with Gasteiger partial charge in [-0.15, -0.1) is 24.8 Å². The summed E-state index contributed by atoms with van der Waals surface area (Å²) in [5.41, 5.74) is 5.17. The van der Waals surface area contributed by atoms with Crippen molar-refractivity contribution >= 4 is 64.2 Å². The third kappa shape index (κ3) is 10.3. The van der Waals surface area contributed by atoms with Crippen molar-refractivity contribution in [2.45, 2.75) is 44.9 Å². The van der Waals surface area contributed by atoms with Crippen LogP contribution >= 0.6 is 24.8 Å². The number of carbonyl (C=O) groups excluding carboxylic acids is 1. The Bertz CT molecular complexity index is 1530. The fourth-order valence-corrected chi connectivity index (χ4v) is 6.38.